The molecule has 1 aromatic heterocycles. The second-order valence-electron chi connectivity index (χ2n) is 6.63. The molecule has 1 fully saturated rings. The van der Waals surface area contributed by atoms with E-state index in [9.17, 15) is 21.6 Å². The van der Waals surface area contributed by atoms with Crippen LogP contribution in [0.25, 0.3) is 0 Å². The van der Waals surface area contributed by atoms with E-state index in [0.29, 0.717) is 16.8 Å². The maximum Gasteiger partial charge on any atom is 0.419 e. The van der Waals surface area contributed by atoms with Crippen LogP contribution in [0.2, 0.25) is 0 Å². The predicted molar refractivity (Wildman–Crippen MR) is 106 cm³/mol. The zero-order valence-corrected chi connectivity index (χ0v) is 18.2. The topological polar surface area (TPSA) is 58.6 Å². The molecule has 2 heterocycles. The van der Waals surface area contributed by atoms with Crippen LogP contribution >= 0.6 is 27.3 Å². The predicted octanol–water partition coefficient (Wildman–Crippen LogP) is 4.72. The van der Waals surface area contributed by atoms with Crippen LogP contribution in [0.3, 0.4) is 0 Å². The summed E-state index contributed by atoms with van der Waals surface area (Å²) < 4.78 is 73.8. The van der Waals surface area contributed by atoms with Gasteiger partial charge in [-0.25, -0.2) is 8.42 Å². The van der Waals surface area contributed by atoms with Crippen molar-refractivity contribution in [2.45, 2.75) is 29.8 Å². The molecular formula is C17H18BrF3N2O3S2. The van der Waals surface area contributed by atoms with Gasteiger partial charge in [-0.15, -0.1) is 11.3 Å². The molecule has 1 saturated heterocycles. The summed E-state index contributed by atoms with van der Waals surface area (Å²) in [5, 5.41) is 0. The molecule has 0 radical (unpaired) electrons. The van der Waals surface area contributed by atoms with Gasteiger partial charge >= 0.3 is 6.18 Å². The van der Waals surface area contributed by atoms with E-state index in [4.69, 9.17) is 4.74 Å². The zero-order valence-electron chi connectivity index (χ0n) is 15.0. The van der Waals surface area contributed by atoms with Crippen molar-refractivity contribution in [3.63, 3.8) is 0 Å². The molecular weight excluding hydrogens is 481 g/mol. The number of aryl methyl sites for hydroxylation is 1. The summed E-state index contributed by atoms with van der Waals surface area (Å²) in [4.78, 5) is 1.96. The average molecular weight is 499 g/mol. The summed E-state index contributed by atoms with van der Waals surface area (Å²) in [6.07, 6.45) is -4.38. The molecule has 0 spiro atoms. The number of sulfonamides is 1. The van der Waals surface area contributed by atoms with E-state index in [1.807, 2.05) is 11.9 Å². The lowest BCUT2D eigenvalue weighted by Gasteiger charge is -2.19. The van der Waals surface area contributed by atoms with Gasteiger partial charge in [0.15, 0.2) is 0 Å². The number of likely N-dealkylation sites (N-methyl/N-ethyl adjacent to an activating group) is 1. The molecule has 1 aromatic carbocycles. The molecule has 28 heavy (non-hydrogen) atoms. The normalized spacial score (nSPS) is 18.4. The minimum absolute atomic E-state index is 0.0107. The van der Waals surface area contributed by atoms with Gasteiger partial charge in [-0.2, -0.15) is 13.2 Å². The van der Waals surface area contributed by atoms with E-state index in [2.05, 4.69) is 20.7 Å². The fraction of sp³-hybridized carbons (Fsp3) is 0.412. The van der Waals surface area contributed by atoms with E-state index < -0.39 is 21.8 Å². The lowest BCUT2D eigenvalue weighted by Crippen LogP contribution is -2.23. The number of benzene rings is 1. The van der Waals surface area contributed by atoms with Gasteiger partial charge in [0.2, 0.25) is 0 Å². The number of alkyl halides is 3. The number of halogens is 4. The van der Waals surface area contributed by atoms with Gasteiger partial charge in [-0.1, -0.05) is 0 Å². The molecule has 1 aliphatic rings. The first-order valence-electron chi connectivity index (χ1n) is 8.31. The number of rotatable bonds is 5. The third-order valence-electron chi connectivity index (χ3n) is 4.28. The molecule has 1 atom stereocenters. The summed E-state index contributed by atoms with van der Waals surface area (Å²) >= 11 is 4.30. The molecule has 0 unspecified atom stereocenters. The van der Waals surface area contributed by atoms with Crippen molar-refractivity contribution in [3.8, 4) is 5.75 Å². The first-order valence-corrected chi connectivity index (χ1v) is 11.4. The van der Waals surface area contributed by atoms with E-state index in [-0.39, 0.29) is 21.8 Å². The summed E-state index contributed by atoms with van der Waals surface area (Å²) in [5.41, 5.74) is -0.164. The van der Waals surface area contributed by atoms with Crippen LogP contribution in [0, 0.1) is 6.92 Å². The summed E-state index contributed by atoms with van der Waals surface area (Å²) in [7, 11) is -2.06. The Morgan fingerprint density at radius 3 is 2.57 bits per heavy atom. The largest absolute Gasteiger partial charge is 0.488 e. The highest BCUT2D eigenvalue weighted by Gasteiger charge is 2.36. The Morgan fingerprint density at radius 2 is 2.04 bits per heavy atom. The molecule has 1 N–H and O–H groups in total. The molecule has 0 saturated carbocycles. The number of likely N-dealkylation sites (tertiary alicyclic amines) is 1. The Bertz CT molecular complexity index is 957. The number of nitrogens with one attached hydrogen (secondary N) is 1. The van der Waals surface area contributed by atoms with Crippen molar-refractivity contribution >= 4 is 43.0 Å². The average Bonchev–Trinajstić information content (AvgIpc) is 3.12. The second-order valence-corrected chi connectivity index (χ2v) is 10.9. The minimum Gasteiger partial charge on any atom is -0.488 e. The Labute approximate surface area is 173 Å². The number of anilines is 1. The molecule has 0 bridgehead atoms. The van der Waals surface area contributed by atoms with Crippen molar-refractivity contribution in [3.05, 3.63) is 39.2 Å². The molecule has 5 nitrogen and oxygen atoms in total. The molecule has 154 valence electrons. The van der Waals surface area contributed by atoms with Crippen LogP contribution in [0.1, 0.15) is 17.5 Å². The van der Waals surface area contributed by atoms with Crippen LogP contribution in [-0.2, 0) is 16.2 Å². The van der Waals surface area contributed by atoms with Crippen molar-refractivity contribution in [2.24, 2.45) is 0 Å². The number of hydrogen-bond donors (Lipinski definition) is 1. The van der Waals surface area contributed by atoms with Gasteiger partial charge in [0.05, 0.1) is 15.0 Å². The van der Waals surface area contributed by atoms with E-state index >= 15 is 0 Å². The van der Waals surface area contributed by atoms with Crippen molar-refractivity contribution in [1.82, 2.24) is 4.90 Å². The van der Waals surface area contributed by atoms with Gasteiger partial charge in [-0.05, 0) is 60.1 Å². The molecule has 2 aromatic rings. The highest BCUT2D eigenvalue weighted by Crippen LogP contribution is 2.39. The Morgan fingerprint density at radius 1 is 1.32 bits per heavy atom. The monoisotopic (exact) mass is 498 g/mol. The van der Waals surface area contributed by atoms with Crippen LogP contribution < -0.4 is 9.46 Å². The number of thiophene rings is 1. The third-order valence-corrected chi connectivity index (χ3v) is 8.27. The highest BCUT2D eigenvalue weighted by molar-refractivity contribution is 9.11. The van der Waals surface area contributed by atoms with Crippen molar-refractivity contribution in [2.75, 3.05) is 24.9 Å². The summed E-state index contributed by atoms with van der Waals surface area (Å²) in [6.45, 7) is 2.99. The van der Waals surface area contributed by atoms with E-state index in [0.717, 1.165) is 41.6 Å². The Balaban J connectivity index is 1.90. The molecule has 0 aliphatic carbocycles. The van der Waals surface area contributed by atoms with Gasteiger partial charge in [0.25, 0.3) is 10.0 Å². The maximum absolute atomic E-state index is 13.3. The molecule has 3 rings (SSSR count). The van der Waals surface area contributed by atoms with Gasteiger partial charge in [0, 0.05) is 19.2 Å². The van der Waals surface area contributed by atoms with E-state index in [1.165, 1.54) is 6.07 Å². The fourth-order valence-corrected chi connectivity index (χ4v) is 6.13. The molecule has 0 amide bonds. The summed E-state index contributed by atoms with van der Waals surface area (Å²) in [6, 6.07) is 4.51. The quantitative estimate of drug-likeness (QED) is 0.647. The SMILES string of the molecule is Cc1cc(S(=O)(=O)Nc2ccc(C(F)(F)F)c(O[C@@H]3CCN(C)C3)c2)sc1Br. The number of ether oxygens (including phenoxy) is 1. The first-order chi connectivity index (χ1) is 13.0. The Hall–Kier alpha value is -1.30. The Kier molecular flexibility index (Phi) is 6.00. The van der Waals surface area contributed by atoms with Gasteiger partial charge in [-0.3, -0.25) is 4.72 Å². The lowest BCUT2D eigenvalue weighted by atomic mass is 10.1. The van der Waals surface area contributed by atoms with Crippen LogP contribution in [0.5, 0.6) is 5.75 Å². The summed E-state index contributed by atoms with van der Waals surface area (Å²) in [5.74, 6) is -0.378. The van der Waals surface area contributed by atoms with Gasteiger partial charge < -0.3 is 9.64 Å². The third kappa shape index (κ3) is 4.81. The smallest absolute Gasteiger partial charge is 0.419 e. The molecule has 11 heteroatoms. The fourth-order valence-electron chi connectivity index (χ4n) is 2.86. The van der Waals surface area contributed by atoms with Crippen LogP contribution in [0.15, 0.2) is 32.3 Å². The van der Waals surface area contributed by atoms with Crippen LogP contribution in [0.4, 0.5) is 18.9 Å². The highest BCUT2D eigenvalue weighted by atomic mass is 79.9. The number of hydrogen-bond acceptors (Lipinski definition) is 5. The first kappa shape index (κ1) is 21.4. The lowest BCUT2D eigenvalue weighted by molar-refractivity contribution is -0.139. The minimum atomic E-state index is -4.60. The standard InChI is InChI=1S/C17H18BrF3N2O3S2/c1-10-7-15(27-16(10)18)28(24,25)22-11-3-4-13(17(19,20)21)14(8-11)26-12-5-6-23(2)9-12/h3-4,7-8,12,22H,5-6,9H2,1-2H3/t12-/m1/s1. The van der Waals surface area contributed by atoms with Gasteiger partial charge in [0.1, 0.15) is 16.1 Å². The van der Waals surface area contributed by atoms with E-state index in [1.54, 1.807) is 6.92 Å². The number of nitrogens with zero attached hydrogens (tertiary/aromatic N) is 1. The molecule has 1 aliphatic heterocycles. The maximum atomic E-state index is 13.3. The second kappa shape index (κ2) is 7.85. The van der Waals surface area contributed by atoms with Crippen LogP contribution in [-0.4, -0.2) is 39.6 Å². The van der Waals surface area contributed by atoms with Crippen molar-refractivity contribution in [1.29, 1.82) is 0 Å². The zero-order chi connectivity index (χ0) is 20.7. The van der Waals surface area contributed by atoms with Crippen molar-refractivity contribution < 1.29 is 26.3 Å².